The maximum absolute atomic E-state index is 5.81. The van der Waals surface area contributed by atoms with Crippen molar-refractivity contribution in [3.8, 4) is 0 Å². The van der Waals surface area contributed by atoms with E-state index in [2.05, 4.69) is 37.2 Å². The smallest absolute Gasteiger partial charge is 0.142 e. The first kappa shape index (κ1) is 13.6. The van der Waals surface area contributed by atoms with Crippen molar-refractivity contribution >= 4 is 17.8 Å². The highest BCUT2D eigenvalue weighted by molar-refractivity contribution is 6.30. The van der Waals surface area contributed by atoms with E-state index in [1.165, 1.54) is 11.1 Å². The number of benzene rings is 2. The summed E-state index contributed by atoms with van der Waals surface area (Å²) in [5.74, 6) is 0. The second-order valence-electron chi connectivity index (χ2n) is 4.49. The molecule has 0 aromatic heterocycles. The molecule has 0 radical (unpaired) electrons. The number of rotatable bonds is 4. The van der Waals surface area contributed by atoms with Crippen LogP contribution >= 0.6 is 11.6 Å². The maximum Gasteiger partial charge on any atom is 0.142 e. The Bertz CT molecular complexity index is 576. The van der Waals surface area contributed by atoms with Crippen LogP contribution in [0.3, 0.4) is 0 Å². The molecule has 0 saturated heterocycles. The van der Waals surface area contributed by atoms with Gasteiger partial charge < -0.3 is 4.84 Å². The third kappa shape index (κ3) is 4.11. The minimum Gasteiger partial charge on any atom is -0.391 e. The number of nitrogens with zero attached hydrogens (tertiary/aromatic N) is 1. The van der Waals surface area contributed by atoms with Crippen LogP contribution in [-0.4, -0.2) is 6.21 Å². The van der Waals surface area contributed by atoms with E-state index in [4.69, 9.17) is 16.4 Å². The van der Waals surface area contributed by atoms with E-state index in [9.17, 15) is 0 Å². The molecule has 0 aliphatic carbocycles. The molecular weight excluding hydrogens is 258 g/mol. The van der Waals surface area contributed by atoms with Crippen molar-refractivity contribution in [3.05, 3.63) is 69.7 Å². The van der Waals surface area contributed by atoms with Gasteiger partial charge in [0.1, 0.15) is 6.61 Å². The van der Waals surface area contributed by atoms with Gasteiger partial charge in [-0.1, -0.05) is 52.7 Å². The van der Waals surface area contributed by atoms with E-state index in [1.54, 1.807) is 6.21 Å². The predicted molar refractivity (Wildman–Crippen MR) is 79.8 cm³/mol. The van der Waals surface area contributed by atoms with Crippen molar-refractivity contribution in [2.45, 2.75) is 20.5 Å². The molecule has 2 aromatic rings. The number of hydrogen-bond donors (Lipinski definition) is 0. The summed E-state index contributed by atoms with van der Waals surface area (Å²) in [7, 11) is 0. The zero-order chi connectivity index (χ0) is 13.7. The third-order valence-electron chi connectivity index (χ3n) is 2.87. The van der Waals surface area contributed by atoms with Crippen LogP contribution in [-0.2, 0) is 11.4 Å². The van der Waals surface area contributed by atoms with Gasteiger partial charge in [-0.2, -0.15) is 0 Å². The maximum atomic E-state index is 5.81. The second kappa shape index (κ2) is 6.39. The Morgan fingerprint density at radius 1 is 1.11 bits per heavy atom. The molecule has 0 saturated carbocycles. The summed E-state index contributed by atoms with van der Waals surface area (Å²) in [6.07, 6.45) is 1.68. The molecular formula is C16H16ClNO. The van der Waals surface area contributed by atoms with Gasteiger partial charge in [0.15, 0.2) is 0 Å². The van der Waals surface area contributed by atoms with Crippen molar-refractivity contribution < 1.29 is 4.84 Å². The topological polar surface area (TPSA) is 21.6 Å². The van der Waals surface area contributed by atoms with Gasteiger partial charge in [0, 0.05) is 5.02 Å². The van der Waals surface area contributed by atoms with E-state index in [0.717, 1.165) is 11.1 Å². The fraction of sp³-hybridized carbons (Fsp3) is 0.188. The van der Waals surface area contributed by atoms with Crippen LogP contribution in [0.5, 0.6) is 0 Å². The minimum atomic E-state index is 0.484. The van der Waals surface area contributed by atoms with Gasteiger partial charge in [-0.15, -0.1) is 0 Å². The number of halogens is 1. The molecule has 0 unspecified atom stereocenters. The van der Waals surface area contributed by atoms with Crippen LogP contribution in [0.2, 0.25) is 5.02 Å². The summed E-state index contributed by atoms with van der Waals surface area (Å²) >= 11 is 5.81. The molecule has 0 fully saturated rings. The first-order valence-corrected chi connectivity index (χ1v) is 6.50. The largest absolute Gasteiger partial charge is 0.391 e. The average molecular weight is 274 g/mol. The molecule has 0 heterocycles. The van der Waals surface area contributed by atoms with Gasteiger partial charge in [-0.3, -0.25) is 0 Å². The second-order valence-corrected chi connectivity index (χ2v) is 4.93. The Kier molecular flexibility index (Phi) is 4.58. The monoisotopic (exact) mass is 273 g/mol. The summed E-state index contributed by atoms with van der Waals surface area (Å²) in [5, 5.41) is 4.69. The van der Waals surface area contributed by atoms with E-state index in [-0.39, 0.29) is 0 Å². The Labute approximate surface area is 118 Å². The van der Waals surface area contributed by atoms with Crippen molar-refractivity contribution in [1.82, 2.24) is 0 Å². The summed E-state index contributed by atoms with van der Waals surface area (Å²) in [6, 6.07) is 13.8. The highest BCUT2D eigenvalue weighted by Gasteiger charge is 1.98. The van der Waals surface area contributed by atoms with E-state index >= 15 is 0 Å². The van der Waals surface area contributed by atoms with Gasteiger partial charge >= 0.3 is 0 Å². The van der Waals surface area contributed by atoms with Gasteiger partial charge in [0.2, 0.25) is 0 Å². The van der Waals surface area contributed by atoms with Crippen molar-refractivity contribution in [1.29, 1.82) is 0 Å². The van der Waals surface area contributed by atoms with Crippen molar-refractivity contribution in [3.63, 3.8) is 0 Å². The lowest BCUT2D eigenvalue weighted by Gasteiger charge is -2.05. The first-order chi connectivity index (χ1) is 9.15. The summed E-state index contributed by atoms with van der Waals surface area (Å²) in [6.45, 7) is 4.62. The normalized spacial score (nSPS) is 10.9. The standard InChI is InChI=1S/C16H16ClNO/c1-12-3-4-13(2)15(9-12)11-19-18-10-14-5-7-16(17)8-6-14/h3-10H,11H2,1-2H3/b18-10+. The van der Waals surface area contributed by atoms with Crippen LogP contribution < -0.4 is 0 Å². The Morgan fingerprint density at radius 3 is 2.58 bits per heavy atom. The van der Waals surface area contributed by atoms with Crippen LogP contribution in [0.25, 0.3) is 0 Å². The zero-order valence-electron chi connectivity index (χ0n) is 11.1. The molecule has 0 amide bonds. The molecule has 0 spiro atoms. The van der Waals surface area contributed by atoms with Crippen molar-refractivity contribution in [2.75, 3.05) is 0 Å². The first-order valence-electron chi connectivity index (χ1n) is 6.12. The Morgan fingerprint density at radius 2 is 1.84 bits per heavy atom. The Balaban J connectivity index is 1.92. The lowest BCUT2D eigenvalue weighted by atomic mass is 10.1. The average Bonchev–Trinajstić information content (AvgIpc) is 2.40. The quantitative estimate of drug-likeness (QED) is 0.593. The molecule has 0 atom stereocenters. The van der Waals surface area contributed by atoms with Gasteiger partial charge in [-0.05, 0) is 42.7 Å². The Hall–Kier alpha value is -1.80. The van der Waals surface area contributed by atoms with Crippen LogP contribution in [0.15, 0.2) is 47.6 Å². The molecule has 0 N–H and O–H groups in total. The van der Waals surface area contributed by atoms with Gasteiger partial charge in [-0.25, -0.2) is 0 Å². The third-order valence-corrected chi connectivity index (χ3v) is 3.12. The molecule has 2 aromatic carbocycles. The van der Waals surface area contributed by atoms with Crippen LogP contribution in [0.4, 0.5) is 0 Å². The molecule has 0 aliphatic heterocycles. The molecule has 19 heavy (non-hydrogen) atoms. The van der Waals surface area contributed by atoms with Gasteiger partial charge in [0.25, 0.3) is 0 Å². The lowest BCUT2D eigenvalue weighted by molar-refractivity contribution is 0.131. The van der Waals surface area contributed by atoms with Crippen molar-refractivity contribution in [2.24, 2.45) is 5.16 Å². The highest BCUT2D eigenvalue weighted by atomic mass is 35.5. The molecule has 98 valence electrons. The number of oxime groups is 1. The zero-order valence-corrected chi connectivity index (χ0v) is 11.8. The number of aryl methyl sites for hydroxylation is 2. The fourth-order valence-corrected chi connectivity index (χ4v) is 1.84. The summed E-state index contributed by atoms with van der Waals surface area (Å²) < 4.78 is 0. The van der Waals surface area contributed by atoms with E-state index in [0.29, 0.717) is 11.6 Å². The summed E-state index contributed by atoms with van der Waals surface area (Å²) in [4.78, 5) is 5.33. The fourth-order valence-electron chi connectivity index (χ4n) is 1.71. The van der Waals surface area contributed by atoms with Gasteiger partial charge in [0.05, 0.1) is 6.21 Å². The van der Waals surface area contributed by atoms with E-state index < -0.39 is 0 Å². The molecule has 0 aliphatic rings. The number of hydrogen-bond acceptors (Lipinski definition) is 2. The van der Waals surface area contributed by atoms with E-state index in [1.807, 2.05) is 24.3 Å². The molecule has 2 nitrogen and oxygen atoms in total. The summed E-state index contributed by atoms with van der Waals surface area (Å²) in [5.41, 5.74) is 4.57. The van der Waals surface area contributed by atoms with Crippen LogP contribution in [0.1, 0.15) is 22.3 Å². The molecule has 2 rings (SSSR count). The molecule has 3 heteroatoms. The minimum absolute atomic E-state index is 0.484. The SMILES string of the molecule is Cc1ccc(C)c(CO/N=C/c2ccc(Cl)cc2)c1. The highest BCUT2D eigenvalue weighted by Crippen LogP contribution is 2.12. The lowest BCUT2D eigenvalue weighted by Crippen LogP contribution is -1.92. The van der Waals surface area contributed by atoms with Crippen LogP contribution in [0, 0.1) is 13.8 Å². The predicted octanol–water partition coefficient (Wildman–Crippen LogP) is 4.51. The molecule has 0 bridgehead atoms.